The van der Waals surface area contributed by atoms with Gasteiger partial charge < -0.3 is 26.8 Å². The number of carbonyl (C=O) groups is 3. The number of halogens is 1. The average molecular weight is 413 g/mol. The Morgan fingerprint density at radius 2 is 1.68 bits per heavy atom. The fourth-order valence-electron chi connectivity index (χ4n) is 3.72. The molecule has 8 heteroatoms. The van der Waals surface area contributed by atoms with Gasteiger partial charge in [-0.25, -0.2) is 4.79 Å². The Kier molecular flexibility index (Phi) is 9.41. The number of methoxy groups -OCH3 is 2. The van der Waals surface area contributed by atoms with Gasteiger partial charge in [0.1, 0.15) is 0 Å². The average Bonchev–Trinajstić information content (AvgIpc) is 2.72. The zero-order valence-corrected chi connectivity index (χ0v) is 17.5. The monoisotopic (exact) mass is 412 g/mol. The van der Waals surface area contributed by atoms with E-state index in [9.17, 15) is 14.4 Å². The lowest BCUT2D eigenvalue weighted by atomic mass is 9.84. The highest BCUT2D eigenvalue weighted by Gasteiger charge is 2.51. The maximum Gasteiger partial charge on any atom is 0.332 e. The van der Waals surface area contributed by atoms with Gasteiger partial charge in [0.05, 0.1) is 40.3 Å². The molecule has 0 atom stereocenters. The summed E-state index contributed by atoms with van der Waals surface area (Å²) in [4.78, 5) is 39.9. The molecule has 0 saturated carbocycles. The number of quaternary nitrogens is 1. The number of hydrogen-bond donors (Lipinski definition) is 1. The van der Waals surface area contributed by atoms with Gasteiger partial charge in [0.25, 0.3) is 0 Å². The molecule has 0 bridgehead atoms. The maximum absolute atomic E-state index is 12.8. The second-order valence-electron chi connectivity index (χ2n) is 6.77. The molecule has 2 rings (SSSR count). The van der Waals surface area contributed by atoms with Crippen molar-refractivity contribution in [3.63, 3.8) is 0 Å². The summed E-state index contributed by atoms with van der Waals surface area (Å²) < 4.78 is 9.83. The summed E-state index contributed by atoms with van der Waals surface area (Å²) in [5.41, 5.74) is -0.314. The van der Waals surface area contributed by atoms with Crippen molar-refractivity contribution >= 4 is 23.5 Å². The van der Waals surface area contributed by atoms with Crippen molar-refractivity contribution in [1.29, 1.82) is 0 Å². The summed E-state index contributed by atoms with van der Waals surface area (Å²) in [6.07, 6.45) is 1.60. The van der Waals surface area contributed by atoms with E-state index in [1.807, 2.05) is 30.3 Å². The van der Waals surface area contributed by atoms with Gasteiger partial charge in [-0.05, 0) is 12.1 Å². The van der Waals surface area contributed by atoms with Crippen molar-refractivity contribution < 1.29 is 41.2 Å². The van der Waals surface area contributed by atoms with Crippen LogP contribution in [-0.2, 0) is 23.9 Å². The summed E-state index contributed by atoms with van der Waals surface area (Å²) in [6, 6.07) is 9.27. The quantitative estimate of drug-likeness (QED) is 0.505. The number of nitrogens with zero attached hydrogens (tertiary/aromatic N) is 1. The normalized spacial score (nSPS) is 21.2. The molecule has 7 nitrogen and oxygen atoms in total. The smallest absolute Gasteiger partial charge is 0.332 e. The number of piperidine rings is 1. The third-order valence-corrected chi connectivity index (χ3v) is 5.25. The number of anilines is 1. The zero-order chi connectivity index (χ0) is 19.9. The van der Waals surface area contributed by atoms with E-state index < -0.39 is 5.54 Å². The minimum Gasteiger partial charge on any atom is -1.00 e. The van der Waals surface area contributed by atoms with E-state index in [2.05, 4.69) is 0 Å². The molecule has 1 amide bonds. The number of para-hydroxylation sites is 1. The number of nitrogens with one attached hydrogen (secondary N) is 1. The summed E-state index contributed by atoms with van der Waals surface area (Å²) in [5.74, 6) is -0.732. The first-order chi connectivity index (χ1) is 13.0. The zero-order valence-electron chi connectivity index (χ0n) is 16.7. The lowest BCUT2D eigenvalue weighted by molar-refractivity contribution is -0.905. The van der Waals surface area contributed by atoms with Gasteiger partial charge >= 0.3 is 11.9 Å². The SMILES string of the molecule is CCC(=O)N(c1ccccc1)C1(C(=O)OC)CC[NH+](CCC(=O)OC)CC1.[Cl-]. The van der Waals surface area contributed by atoms with Crippen LogP contribution >= 0.6 is 0 Å². The number of amides is 1. The fraction of sp³-hybridized carbons (Fsp3) is 0.550. The second-order valence-corrected chi connectivity index (χ2v) is 6.77. The summed E-state index contributed by atoms with van der Waals surface area (Å²) in [5, 5.41) is 0. The van der Waals surface area contributed by atoms with Crippen molar-refractivity contribution in [2.75, 3.05) is 38.8 Å². The van der Waals surface area contributed by atoms with Crippen LogP contribution in [0, 0.1) is 0 Å². The first-order valence-electron chi connectivity index (χ1n) is 9.35. The number of rotatable bonds is 7. The summed E-state index contributed by atoms with van der Waals surface area (Å²) in [7, 11) is 2.74. The van der Waals surface area contributed by atoms with Crippen LogP contribution in [0.4, 0.5) is 5.69 Å². The third kappa shape index (κ3) is 5.23. The van der Waals surface area contributed by atoms with Gasteiger partial charge in [-0.15, -0.1) is 0 Å². The Morgan fingerprint density at radius 3 is 2.18 bits per heavy atom. The van der Waals surface area contributed by atoms with Gasteiger partial charge in [0, 0.05) is 24.9 Å². The molecule has 1 saturated heterocycles. The molecule has 0 aliphatic carbocycles. The minimum absolute atomic E-state index is 0. The Labute approximate surface area is 172 Å². The Bertz CT molecular complexity index is 660. The fourth-order valence-corrected chi connectivity index (χ4v) is 3.72. The molecule has 1 aliphatic heterocycles. The van der Waals surface area contributed by atoms with Crippen LogP contribution < -0.4 is 22.2 Å². The lowest BCUT2D eigenvalue weighted by Gasteiger charge is -2.45. The highest BCUT2D eigenvalue weighted by Crippen LogP contribution is 2.32. The van der Waals surface area contributed by atoms with Crippen LogP contribution in [0.5, 0.6) is 0 Å². The Morgan fingerprint density at radius 1 is 1.07 bits per heavy atom. The van der Waals surface area contributed by atoms with E-state index in [1.165, 1.54) is 19.1 Å². The number of likely N-dealkylation sites (tertiary alicyclic amines) is 1. The first-order valence-corrected chi connectivity index (χ1v) is 9.35. The topological polar surface area (TPSA) is 77.4 Å². The Hall–Kier alpha value is -2.12. The van der Waals surface area contributed by atoms with Crippen LogP contribution in [0.3, 0.4) is 0 Å². The summed E-state index contributed by atoms with van der Waals surface area (Å²) >= 11 is 0. The molecule has 28 heavy (non-hydrogen) atoms. The lowest BCUT2D eigenvalue weighted by Crippen LogP contribution is -3.14. The van der Waals surface area contributed by atoms with Gasteiger partial charge in [0.15, 0.2) is 5.54 Å². The van der Waals surface area contributed by atoms with E-state index in [4.69, 9.17) is 9.47 Å². The first kappa shape index (κ1) is 23.9. The van der Waals surface area contributed by atoms with Crippen LogP contribution in [0.2, 0.25) is 0 Å². The Balaban J connectivity index is 0.00000392. The van der Waals surface area contributed by atoms with Crippen molar-refractivity contribution in [2.45, 2.75) is 38.1 Å². The molecule has 1 aromatic carbocycles. The minimum atomic E-state index is -1.02. The number of esters is 2. The molecule has 1 aliphatic rings. The van der Waals surface area contributed by atoms with E-state index in [0.717, 1.165) is 0 Å². The standard InChI is InChI=1S/C20H28N2O5.ClH/c1-4-17(23)22(16-8-6-5-7-9-16)20(19(25)27-3)11-14-21(15-12-20)13-10-18(24)26-2;/h5-9H,4,10-15H2,1-3H3;1H. The number of hydrogen-bond acceptors (Lipinski definition) is 5. The van der Waals surface area contributed by atoms with Crippen LogP contribution in [0.1, 0.15) is 32.6 Å². The van der Waals surface area contributed by atoms with Gasteiger partial charge in [-0.2, -0.15) is 0 Å². The molecule has 1 fully saturated rings. The maximum atomic E-state index is 12.8. The van der Waals surface area contributed by atoms with E-state index in [-0.39, 0.29) is 30.3 Å². The van der Waals surface area contributed by atoms with Crippen LogP contribution in [-0.4, -0.2) is 57.2 Å². The number of ether oxygens (including phenoxy) is 2. The molecule has 0 aromatic heterocycles. The molecule has 0 unspecified atom stereocenters. The molecular weight excluding hydrogens is 384 g/mol. The van der Waals surface area contributed by atoms with Crippen LogP contribution in [0.25, 0.3) is 0 Å². The molecule has 1 N–H and O–H groups in total. The van der Waals surface area contributed by atoms with Gasteiger partial charge in [-0.1, -0.05) is 25.1 Å². The van der Waals surface area contributed by atoms with Crippen molar-refractivity contribution in [3.05, 3.63) is 30.3 Å². The van der Waals surface area contributed by atoms with E-state index in [1.54, 1.807) is 11.8 Å². The molecule has 0 spiro atoms. The molecule has 1 aromatic rings. The molecule has 1 heterocycles. The molecular formula is C20H29ClN2O5. The van der Waals surface area contributed by atoms with E-state index in [0.29, 0.717) is 51.0 Å². The van der Waals surface area contributed by atoms with Gasteiger partial charge in [0.2, 0.25) is 5.91 Å². The third-order valence-electron chi connectivity index (χ3n) is 5.25. The van der Waals surface area contributed by atoms with E-state index >= 15 is 0 Å². The highest BCUT2D eigenvalue weighted by molar-refractivity contribution is 6.02. The summed E-state index contributed by atoms with van der Waals surface area (Å²) in [6.45, 7) is 3.79. The van der Waals surface area contributed by atoms with Crippen molar-refractivity contribution in [2.24, 2.45) is 0 Å². The number of carbonyl (C=O) groups excluding carboxylic acids is 3. The number of benzene rings is 1. The van der Waals surface area contributed by atoms with Crippen LogP contribution in [0.15, 0.2) is 30.3 Å². The predicted octanol–water partition coefficient (Wildman–Crippen LogP) is -2.41. The molecule has 0 radical (unpaired) electrons. The van der Waals surface area contributed by atoms with Crippen molar-refractivity contribution in [3.8, 4) is 0 Å². The highest BCUT2D eigenvalue weighted by atomic mass is 35.5. The van der Waals surface area contributed by atoms with Gasteiger partial charge in [-0.3, -0.25) is 14.5 Å². The largest absolute Gasteiger partial charge is 1.00 e. The molecule has 156 valence electrons. The second kappa shape index (κ2) is 11.0. The predicted molar refractivity (Wildman–Crippen MR) is 100 cm³/mol. The van der Waals surface area contributed by atoms with Crippen molar-refractivity contribution in [1.82, 2.24) is 0 Å².